The fraction of sp³-hybridized carbons (Fsp3) is 0.200. The number of halogens is 1. The number of methoxy groups -OCH3 is 1. The van der Waals surface area contributed by atoms with E-state index in [4.69, 9.17) is 4.74 Å². The number of hydrogen-bond donors (Lipinski definition) is 1. The highest BCUT2D eigenvalue weighted by molar-refractivity contribution is 6.05. The van der Waals surface area contributed by atoms with Gasteiger partial charge in [-0.1, -0.05) is 17.7 Å². The molecule has 0 aliphatic carbocycles. The molecule has 0 bridgehead atoms. The van der Waals surface area contributed by atoms with E-state index in [0.717, 1.165) is 11.6 Å². The lowest BCUT2D eigenvalue weighted by Crippen LogP contribution is -2.14. The number of aryl methyl sites for hydroxylation is 1. The smallest absolute Gasteiger partial charge is 0.310 e. The Bertz CT molecular complexity index is 1020. The summed E-state index contributed by atoms with van der Waals surface area (Å²) in [7, 11) is 1.27. The molecule has 0 saturated heterocycles. The average Bonchev–Trinajstić information content (AvgIpc) is 2.87. The first-order chi connectivity index (χ1) is 12.3. The van der Waals surface area contributed by atoms with Gasteiger partial charge in [0, 0.05) is 22.7 Å². The van der Waals surface area contributed by atoms with Crippen molar-refractivity contribution in [1.29, 1.82) is 0 Å². The van der Waals surface area contributed by atoms with Crippen LogP contribution in [0.4, 0.5) is 4.39 Å². The first-order valence-electron chi connectivity index (χ1n) is 8.04. The molecule has 0 radical (unpaired) electrons. The largest absolute Gasteiger partial charge is 0.505 e. The highest BCUT2D eigenvalue weighted by Crippen LogP contribution is 2.32. The van der Waals surface area contributed by atoms with Crippen molar-refractivity contribution in [1.82, 2.24) is 4.57 Å². The molecular weight excluding hydrogens is 337 g/mol. The molecule has 26 heavy (non-hydrogen) atoms. The van der Waals surface area contributed by atoms with Crippen LogP contribution in [-0.2, 0) is 16.0 Å². The van der Waals surface area contributed by atoms with E-state index in [1.54, 1.807) is 19.1 Å². The fourth-order valence-corrected chi connectivity index (χ4v) is 3.02. The second-order valence-corrected chi connectivity index (χ2v) is 6.14. The number of esters is 1. The maximum atomic E-state index is 14.0. The Labute approximate surface area is 149 Å². The number of hydrogen-bond acceptors (Lipinski definition) is 4. The van der Waals surface area contributed by atoms with Crippen molar-refractivity contribution in [3.05, 3.63) is 64.6 Å². The normalized spacial score (nSPS) is 10.9. The van der Waals surface area contributed by atoms with Gasteiger partial charge in [0.1, 0.15) is 0 Å². The summed E-state index contributed by atoms with van der Waals surface area (Å²) in [6.07, 6.45) is -0.0852. The van der Waals surface area contributed by atoms with Crippen molar-refractivity contribution in [2.24, 2.45) is 0 Å². The third-order valence-corrected chi connectivity index (χ3v) is 4.45. The van der Waals surface area contributed by atoms with E-state index < -0.39 is 17.5 Å². The van der Waals surface area contributed by atoms with E-state index in [1.807, 2.05) is 19.1 Å². The lowest BCUT2D eigenvalue weighted by molar-refractivity contribution is -0.139. The molecule has 0 aliphatic rings. The Morgan fingerprint density at radius 1 is 1.15 bits per heavy atom. The number of ether oxygens (including phenoxy) is 1. The molecule has 134 valence electrons. The van der Waals surface area contributed by atoms with Crippen molar-refractivity contribution in [2.75, 3.05) is 7.11 Å². The minimum atomic E-state index is -0.836. The minimum Gasteiger partial charge on any atom is -0.505 e. The van der Waals surface area contributed by atoms with Gasteiger partial charge in [0.05, 0.1) is 19.0 Å². The monoisotopic (exact) mass is 355 g/mol. The van der Waals surface area contributed by atoms with Gasteiger partial charge in [0.2, 0.25) is 0 Å². The van der Waals surface area contributed by atoms with Gasteiger partial charge < -0.3 is 9.84 Å². The number of carbonyl (C=O) groups excluding carboxylic acids is 2. The fourth-order valence-electron chi connectivity index (χ4n) is 3.02. The van der Waals surface area contributed by atoms with E-state index in [1.165, 1.54) is 17.7 Å². The van der Waals surface area contributed by atoms with Gasteiger partial charge >= 0.3 is 5.97 Å². The molecule has 0 saturated carbocycles. The van der Waals surface area contributed by atoms with Gasteiger partial charge in [0.15, 0.2) is 11.6 Å². The number of aromatic hydroxyl groups is 1. The number of benzene rings is 2. The number of rotatable bonds is 3. The van der Waals surface area contributed by atoms with Gasteiger partial charge in [-0.3, -0.25) is 14.2 Å². The Morgan fingerprint density at radius 2 is 1.81 bits per heavy atom. The Balaban J connectivity index is 2.25. The van der Waals surface area contributed by atoms with E-state index >= 15 is 0 Å². The molecule has 1 aromatic heterocycles. The second-order valence-electron chi connectivity index (χ2n) is 6.14. The van der Waals surface area contributed by atoms with Crippen molar-refractivity contribution < 1.29 is 23.8 Å². The zero-order valence-electron chi connectivity index (χ0n) is 14.7. The lowest BCUT2D eigenvalue weighted by atomic mass is 10.1. The summed E-state index contributed by atoms with van der Waals surface area (Å²) < 4.78 is 20.0. The zero-order chi connectivity index (χ0) is 19.0. The molecule has 1 N–H and O–H groups in total. The Hall–Kier alpha value is -3.15. The number of phenolic OH excluding ortho intramolecular Hbond substituents is 1. The van der Waals surface area contributed by atoms with Crippen LogP contribution in [0.3, 0.4) is 0 Å². The van der Waals surface area contributed by atoms with Crippen LogP contribution in [0.25, 0.3) is 10.9 Å². The minimum absolute atomic E-state index is 0.0852. The van der Waals surface area contributed by atoms with E-state index in [0.29, 0.717) is 27.7 Å². The number of fused-ring (bicyclic) bond motifs is 1. The van der Waals surface area contributed by atoms with Crippen LogP contribution in [0.1, 0.15) is 27.2 Å². The maximum Gasteiger partial charge on any atom is 0.310 e. The average molecular weight is 355 g/mol. The lowest BCUT2D eigenvalue weighted by Gasteiger charge is -2.08. The SMILES string of the molecule is COC(=O)Cc1c(C)n(C(=O)c2ccc(C)cc2)c2cc(F)c(O)cc12. The molecular formula is C20H18FNO4. The van der Waals surface area contributed by atoms with Crippen LogP contribution < -0.4 is 0 Å². The number of carbonyl (C=O) groups is 2. The predicted octanol–water partition coefficient (Wildman–Crippen LogP) is 3.51. The molecule has 5 nitrogen and oxygen atoms in total. The third kappa shape index (κ3) is 2.94. The van der Waals surface area contributed by atoms with Crippen LogP contribution in [0, 0.1) is 19.7 Å². The molecule has 0 aliphatic heterocycles. The summed E-state index contributed by atoms with van der Waals surface area (Å²) in [5, 5.41) is 10.2. The third-order valence-electron chi connectivity index (χ3n) is 4.45. The van der Waals surface area contributed by atoms with Crippen LogP contribution in [0.15, 0.2) is 36.4 Å². The van der Waals surface area contributed by atoms with Gasteiger partial charge in [-0.15, -0.1) is 0 Å². The molecule has 3 rings (SSSR count). The van der Waals surface area contributed by atoms with Gasteiger partial charge in [-0.25, -0.2) is 4.39 Å². The summed E-state index contributed by atoms with van der Waals surface area (Å²) in [6, 6.07) is 9.35. The van der Waals surface area contributed by atoms with Crippen molar-refractivity contribution in [3.63, 3.8) is 0 Å². The molecule has 0 amide bonds. The molecule has 6 heteroatoms. The molecule has 0 fully saturated rings. The first-order valence-corrected chi connectivity index (χ1v) is 8.04. The van der Waals surface area contributed by atoms with E-state index in [2.05, 4.69) is 0 Å². The quantitative estimate of drug-likeness (QED) is 0.730. The second kappa shape index (κ2) is 6.63. The molecule has 0 atom stereocenters. The molecule has 2 aromatic carbocycles. The Morgan fingerprint density at radius 3 is 2.42 bits per heavy atom. The Kier molecular flexibility index (Phi) is 4.50. The van der Waals surface area contributed by atoms with Crippen molar-refractivity contribution in [2.45, 2.75) is 20.3 Å². The van der Waals surface area contributed by atoms with Crippen molar-refractivity contribution in [3.8, 4) is 5.75 Å². The summed E-state index contributed by atoms with van der Waals surface area (Å²) in [5.41, 5.74) is 2.76. The number of aromatic nitrogens is 1. The highest BCUT2D eigenvalue weighted by Gasteiger charge is 2.23. The first kappa shape index (κ1) is 17.7. The number of nitrogens with zero attached hydrogens (tertiary/aromatic N) is 1. The highest BCUT2D eigenvalue weighted by atomic mass is 19.1. The van der Waals surface area contributed by atoms with Gasteiger partial charge in [-0.2, -0.15) is 0 Å². The van der Waals surface area contributed by atoms with Crippen LogP contribution in [-0.4, -0.2) is 28.7 Å². The topological polar surface area (TPSA) is 68.5 Å². The van der Waals surface area contributed by atoms with E-state index in [9.17, 15) is 19.1 Å². The molecule has 0 unspecified atom stereocenters. The van der Waals surface area contributed by atoms with Crippen LogP contribution in [0.5, 0.6) is 5.75 Å². The summed E-state index contributed by atoms with van der Waals surface area (Å²) in [4.78, 5) is 24.8. The van der Waals surface area contributed by atoms with Gasteiger partial charge in [0.25, 0.3) is 5.91 Å². The van der Waals surface area contributed by atoms with Crippen molar-refractivity contribution >= 4 is 22.8 Å². The standard InChI is InChI=1S/C20H18FNO4/c1-11-4-6-13(7-5-11)20(25)22-12(2)14(9-19(24)26-3)15-8-18(23)16(21)10-17(15)22/h4-8,10,23H,9H2,1-3H3. The number of phenols is 1. The predicted molar refractivity (Wildman–Crippen MR) is 94.9 cm³/mol. The van der Waals surface area contributed by atoms with E-state index in [-0.39, 0.29) is 12.3 Å². The summed E-state index contributed by atoms with van der Waals surface area (Å²) in [5.74, 6) is -2.20. The maximum absolute atomic E-state index is 14.0. The molecule has 3 aromatic rings. The summed E-state index contributed by atoms with van der Waals surface area (Å²) >= 11 is 0. The summed E-state index contributed by atoms with van der Waals surface area (Å²) in [6.45, 7) is 3.59. The van der Waals surface area contributed by atoms with Crippen LogP contribution >= 0.6 is 0 Å². The molecule has 0 spiro atoms. The van der Waals surface area contributed by atoms with Gasteiger partial charge in [-0.05, 0) is 37.6 Å². The van der Waals surface area contributed by atoms with Crippen LogP contribution in [0.2, 0.25) is 0 Å². The molecule has 1 heterocycles. The zero-order valence-corrected chi connectivity index (χ0v) is 14.7.